The van der Waals surface area contributed by atoms with E-state index in [0.717, 1.165) is 0 Å². The standard InChI is InChI=1S/C13H15N3O6/c1-4-22-13(18)12(8(2)17)15-14-10-6-5-9(21-3)7-11(10)16(19)20/h5-7,17H,4H2,1-3H3. The fourth-order valence-corrected chi connectivity index (χ4v) is 1.43. The number of hydrogen-bond acceptors (Lipinski definition) is 8. The number of carbonyl (C=O) groups excluding carboxylic acids is 1. The zero-order valence-electron chi connectivity index (χ0n) is 12.3. The van der Waals surface area contributed by atoms with Gasteiger partial charge in [-0.1, -0.05) is 0 Å². The van der Waals surface area contributed by atoms with Crippen LogP contribution in [0.15, 0.2) is 39.9 Å². The first-order valence-corrected chi connectivity index (χ1v) is 6.21. The average Bonchev–Trinajstić information content (AvgIpc) is 2.47. The van der Waals surface area contributed by atoms with E-state index in [-0.39, 0.29) is 23.7 Å². The van der Waals surface area contributed by atoms with Crippen LogP contribution in [0, 0.1) is 10.1 Å². The largest absolute Gasteiger partial charge is 0.510 e. The third-order valence-corrected chi connectivity index (χ3v) is 2.45. The normalized spacial score (nSPS) is 12.0. The first-order valence-electron chi connectivity index (χ1n) is 6.21. The Morgan fingerprint density at radius 2 is 2.14 bits per heavy atom. The van der Waals surface area contributed by atoms with Gasteiger partial charge in [-0.3, -0.25) is 10.1 Å². The molecule has 0 amide bonds. The Morgan fingerprint density at radius 1 is 1.45 bits per heavy atom. The lowest BCUT2D eigenvalue weighted by Gasteiger charge is -2.03. The van der Waals surface area contributed by atoms with Gasteiger partial charge in [0, 0.05) is 0 Å². The molecule has 1 rings (SSSR count). The van der Waals surface area contributed by atoms with Crippen molar-refractivity contribution in [2.45, 2.75) is 13.8 Å². The van der Waals surface area contributed by atoms with Gasteiger partial charge in [-0.05, 0) is 26.0 Å². The third-order valence-electron chi connectivity index (χ3n) is 2.45. The highest BCUT2D eigenvalue weighted by Gasteiger charge is 2.17. The molecule has 1 aromatic rings. The molecule has 9 heteroatoms. The molecule has 0 bridgehead atoms. The van der Waals surface area contributed by atoms with Crippen LogP contribution in [0.1, 0.15) is 13.8 Å². The summed E-state index contributed by atoms with van der Waals surface area (Å²) in [5, 5.41) is 27.6. The fourth-order valence-electron chi connectivity index (χ4n) is 1.43. The molecule has 9 nitrogen and oxygen atoms in total. The molecule has 0 aliphatic heterocycles. The number of esters is 1. The Bertz CT molecular complexity index is 635. The number of nitrogens with zero attached hydrogens (tertiary/aromatic N) is 3. The molecule has 0 spiro atoms. The summed E-state index contributed by atoms with van der Waals surface area (Å²) in [5.41, 5.74) is -0.859. The topological polar surface area (TPSA) is 124 Å². The lowest BCUT2D eigenvalue weighted by molar-refractivity contribution is -0.384. The second-order valence-corrected chi connectivity index (χ2v) is 3.97. The molecule has 0 saturated carbocycles. The van der Waals surface area contributed by atoms with Crippen molar-refractivity contribution in [3.05, 3.63) is 39.8 Å². The number of azo groups is 1. The SMILES string of the molecule is CCOC(=O)C(N=Nc1ccc(OC)cc1[N+](=O)[O-])=C(C)O. The van der Waals surface area contributed by atoms with Crippen molar-refractivity contribution < 1.29 is 24.3 Å². The number of nitro groups is 1. The highest BCUT2D eigenvalue weighted by molar-refractivity contribution is 5.88. The summed E-state index contributed by atoms with van der Waals surface area (Å²) in [4.78, 5) is 21.9. The smallest absolute Gasteiger partial charge is 0.362 e. The first-order chi connectivity index (χ1) is 10.4. The molecular weight excluding hydrogens is 294 g/mol. The molecule has 0 radical (unpaired) electrons. The van der Waals surface area contributed by atoms with E-state index in [1.807, 2.05) is 0 Å². The highest BCUT2D eigenvalue weighted by atomic mass is 16.6. The van der Waals surface area contributed by atoms with Crippen molar-refractivity contribution in [3.63, 3.8) is 0 Å². The van der Waals surface area contributed by atoms with Gasteiger partial charge >= 0.3 is 5.97 Å². The number of aliphatic hydroxyl groups excluding tert-OH is 1. The maximum atomic E-state index is 11.6. The molecule has 0 aliphatic carbocycles. The Hall–Kier alpha value is -2.97. The van der Waals surface area contributed by atoms with Crippen LogP contribution in [0.5, 0.6) is 5.75 Å². The minimum Gasteiger partial charge on any atom is -0.510 e. The molecule has 0 saturated heterocycles. The van der Waals surface area contributed by atoms with Gasteiger partial charge < -0.3 is 14.6 Å². The molecule has 0 fully saturated rings. The number of hydrogen-bond donors (Lipinski definition) is 1. The summed E-state index contributed by atoms with van der Waals surface area (Å²) < 4.78 is 9.60. The van der Waals surface area contributed by atoms with Crippen LogP contribution in [-0.2, 0) is 9.53 Å². The number of methoxy groups -OCH3 is 1. The lowest BCUT2D eigenvalue weighted by Crippen LogP contribution is -2.07. The van der Waals surface area contributed by atoms with E-state index in [1.54, 1.807) is 6.92 Å². The maximum Gasteiger partial charge on any atom is 0.362 e. The van der Waals surface area contributed by atoms with Crippen LogP contribution in [0.4, 0.5) is 11.4 Å². The van der Waals surface area contributed by atoms with Gasteiger partial charge in [0.2, 0.25) is 5.70 Å². The number of ether oxygens (including phenoxy) is 2. The number of carbonyl (C=O) groups is 1. The van der Waals surface area contributed by atoms with Crippen LogP contribution in [0.3, 0.4) is 0 Å². The van der Waals surface area contributed by atoms with E-state index in [2.05, 4.69) is 10.2 Å². The van der Waals surface area contributed by atoms with Gasteiger partial charge in [0.05, 0.1) is 24.7 Å². The second-order valence-electron chi connectivity index (χ2n) is 3.97. The van der Waals surface area contributed by atoms with Crippen molar-refractivity contribution in [1.82, 2.24) is 0 Å². The van der Waals surface area contributed by atoms with Crippen molar-refractivity contribution >= 4 is 17.3 Å². The summed E-state index contributed by atoms with van der Waals surface area (Å²) in [6.07, 6.45) is 0. The quantitative estimate of drug-likeness (QED) is 0.215. The molecule has 0 heterocycles. The monoisotopic (exact) mass is 309 g/mol. The number of aliphatic hydroxyl groups is 1. The number of allylic oxidation sites excluding steroid dienone is 1. The van der Waals surface area contributed by atoms with Crippen molar-refractivity contribution in [2.24, 2.45) is 10.2 Å². The summed E-state index contributed by atoms with van der Waals surface area (Å²) in [5.74, 6) is -0.995. The van der Waals surface area contributed by atoms with Crippen LogP contribution >= 0.6 is 0 Å². The number of rotatable bonds is 6. The fraction of sp³-hybridized carbons (Fsp3) is 0.308. The van der Waals surface area contributed by atoms with Gasteiger partial charge in [0.15, 0.2) is 5.69 Å². The van der Waals surface area contributed by atoms with E-state index in [0.29, 0.717) is 0 Å². The zero-order chi connectivity index (χ0) is 16.7. The summed E-state index contributed by atoms with van der Waals surface area (Å²) in [6.45, 7) is 2.91. The molecule has 1 aromatic carbocycles. The second kappa shape index (κ2) is 7.72. The van der Waals surface area contributed by atoms with E-state index < -0.39 is 22.3 Å². The number of benzene rings is 1. The molecule has 118 valence electrons. The maximum absolute atomic E-state index is 11.6. The summed E-state index contributed by atoms with van der Waals surface area (Å²) >= 11 is 0. The summed E-state index contributed by atoms with van der Waals surface area (Å²) in [6, 6.07) is 3.95. The Balaban J connectivity index is 3.19. The molecule has 0 unspecified atom stereocenters. The van der Waals surface area contributed by atoms with Crippen LogP contribution in [0.25, 0.3) is 0 Å². The predicted molar refractivity (Wildman–Crippen MR) is 76.1 cm³/mol. The van der Waals surface area contributed by atoms with Crippen molar-refractivity contribution in [3.8, 4) is 5.75 Å². The molecule has 0 atom stereocenters. The van der Waals surface area contributed by atoms with Gasteiger partial charge in [0.1, 0.15) is 11.5 Å². The van der Waals surface area contributed by atoms with Gasteiger partial charge in [0.25, 0.3) is 5.69 Å². The molecule has 0 aromatic heterocycles. The van der Waals surface area contributed by atoms with E-state index in [9.17, 15) is 20.0 Å². The van der Waals surface area contributed by atoms with Crippen LogP contribution < -0.4 is 4.74 Å². The van der Waals surface area contributed by atoms with E-state index >= 15 is 0 Å². The molecule has 0 aliphatic rings. The van der Waals surface area contributed by atoms with Crippen molar-refractivity contribution in [1.29, 1.82) is 0 Å². The predicted octanol–water partition coefficient (Wildman–Crippen LogP) is 3.04. The van der Waals surface area contributed by atoms with Crippen LogP contribution in [-0.4, -0.2) is 29.7 Å². The van der Waals surface area contributed by atoms with Crippen LogP contribution in [0.2, 0.25) is 0 Å². The van der Waals surface area contributed by atoms with Gasteiger partial charge in [-0.15, -0.1) is 10.2 Å². The first kappa shape index (κ1) is 17.1. The minimum atomic E-state index is -0.873. The zero-order valence-corrected chi connectivity index (χ0v) is 12.3. The van der Waals surface area contributed by atoms with Gasteiger partial charge in [-0.2, -0.15) is 0 Å². The lowest BCUT2D eigenvalue weighted by atomic mass is 10.2. The van der Waals surface area contributed by atoms with Crippen molar-refractivity contribution in [2.75, 3.05) is 13.7 Å². The Labute approximate surface area is 126 Å². The van der Waals surface area contributed by atoms with E-state index in [4.69, 9.17) is 9.47 Å². The molecule has 1 N–H and O–H groups in total. The molecular formula is C13H15N3O6. The number of nitro benzene ring substituents is 1. The minimum absolute atomic E-state index is 0.0890. The van der Waals surface area contributed by atoms with E-state index in [1.165, 1.54) is 32.2 Å². The summed E-state index contributed by atoms with van der Waals surface area (Å²) in [7, 11) is 1.37. The Morgan fingerprint density at radius 3 is 2.64 bits per heavy atom. The molecule has 22 heavy (non-hydrogen) atoms. The third kappa shape index (κ3) is 4.27. The Kier molecular flexibility index (Phi) is 5.99. The van der Waals surface area contributed by atoms with Gasteiger partial charge in [-0.25, -0.2) is 4.79 Å². The average molecular weight is 309 g/mol. The highest BCUT2D eigenvalue weighted by Crippen LogP contribution is 2.32.